The van der Waals surface area contributed by atoms with E-state index in [1.54, 1.807) is 49.4 Å². The first-order chi connectivity index (χ1) is 9.97. The summed E-state index contributed by atoms with van der Waals surface area (Å²) in [5, 5.41) is 3.99. The number of carbonyl (C=O) groups excluding carboxylic acids is 1. The van der Waals surface area contributed by atoms with E-state index in [-0.39, 0.29) is 5.91 Å². The van der Waals surface area contributed by atoms with Gasteiger partial charge in [-0.25, -0.2) is 0 Å². The average Bonchev–Trinajstić information content (AvgIpc) is 2.45. The van der Waals surface area contributed by atoms with Gasteiger partial charge in [-0.15, -0.1) is 0 Å². The summed E-state index contributed by atoms with van der Waals surface area (Å²) in [5.74, 6) is 0.0955. The lowest BCUT2D eigenvalue weighted by Gasteiger charge is -2.16. The van der Waals surface area contributed by atoms with E-state index in [4.69, 9.17) is 39.5 Å². The number of amides is 1. The number of para-hydroxylation sites is 1. The molecule has 0 saturated heterocycles. The van der Waals surface area contributed by atoms with E-state index in [1.165, 1.54) is 0 Å². The summed E-state index contributed by atoms with van der Waals surface area (Å²) in [6.07, 6.45) is -0.736. The minimum atomic E-state index is -0.736. The van der Waals surface area contributed by atoms with Crippen LogP contribution in [-0.2, 0) is 4.79 Å². The number of ether oxygens (including phenoxy) is 1. The third-order valence-electron chi connectivity index (χ3n) is 2.70. The molecule has 3 nitrogen and oxygen atoms in total. The van der Waals surface area contributed by atoms with Gasteiger partial charge in [0.1, 0.15) is 5.75 Å². The van der Waals surface area contributed by atoms with Crippen LogP contribution in [-0.4, -0.2) is 12.0 Å². The maximum Gasteiger partial charge on any atom is 0.265 e. The van der Waals surface area contributed by atoms with Gasteiger partial charge in [0.2, 0.25) is 0 Å². The quantitative estimate of drug-likeness (QED) is 0.842. The molecule has 110 valence electrons. The van der Waals surface area contributed by atoms with Crippen LogP contribution in [0.15, 0.2) is 42.5 Å². The molecule has 2 rings (SSSR count). The Labute approximate surface area is 137 Å². The molecule has 0 saturated carbocycles. The van der Waals surface area contributed by atoms with E-state index >= 15 is 0 Å². The number of rotatable bonds is 4. The van der Waals surface area contributed by atoms with Crippen LogP contribution in [0.3, 0.4) is 0 Å². The molecule has 0 aliphatic carbocycles. The Balaban J connectivity index is 2.06. The standard InChI is InChI=1S/C15H12Cl3NO2/c1-9(21-14-5-3-2-4-12(14)18)15(20)19-13-8-10(16)6-7-11(13)17/h2-9H,1H3,(H,19,20)/t9-/m1/s1. The predicted octanol–water partition coefficient (Wildman–Crippen LogP) is 5.05. The van der Waals surface area contributed by atoms with Crippen LogP contribution in [0.1, 0.15) is 6.92 Å². The van der Waals surface area contributed by atoms with Crippen LogP contribution in [0.5, 0.6) is 5.75 Å². The lowest BCUT2D eigenvalue weighted by molar-refractivity contribution is -0.122. The molecule has 0 aliphatic rings. The Morgan fingerprint density at radius 1 is 1.10 bits per heavy atom. The molecule has 1 atom stereocenters. The summed E-state index contributed by atoms with van der Waals surface area (Å²) >= 11 is 17.9. The zero-order valence-electron chi connectivity index (χ0n) is 11.1. The SMILES string of the molecule is C[C@@H](Oc1ccccc1Cl)C(=O)Nc1cc(Cl)ccc1Cl. The van der Waals surface area contributed by atoms with Crippen LogP contribution in [0.25, 0.3) is 0 Å². The van der Waals surface area contributed by atoms with E-state index in [1.807, 2.05) is 0 Å². The molecule has 1 amide bonds. The summed E-state index contributed by atoms with van der Waals surface area (Å²) in [6.45, 7) is 1.62. The molecule has 1 N–H and O–H groups in total. The molecule has 0 bridgehead atoms. The molecule has 2 aromatic carbocycles. The Bertz CT molecular complexity index is 661. The summed E-state index contributed by atoms with van der Waals surface area (Å²) in [7, 11) is 0. The van der Waals surface area contributed by atoms with Gasteiger partial charge >= 0.3 is 0 Å². The third kappa shape index (κ3) is 4.27. The number of hydrogen-bond acceptors (Lipinski definition) is 2. The van der Waals surface area contributed by atoms with Gasteiger partial charge in [-0.3, -0.25) is 4.79 Å². The van der Waals surface area contributed by atoms with E-state index in [2.05, 4.69) is 5.32 Å². The Hall–Kier alpha value is -1.42. The molecule has 6 heteroatoms. The molecule has 0 radical (unpaired) electrons. The van der Waals surface area contributed by atoms with Crippen LogP contribution in [0.4, 0.5) is 5.69 Å². The highest BCUT2D eigenvalue weighted by Crippen LogP contribution is 2.27. The summed E-state index contributed by atoms with van der Waals surface area (Å²) in [5.41, 5.74) is 0.434. The first-order valence-electron chi connectivity index (χ1n) is 6.14. The molecule has 21 heavy (non-hydrogen) atoms. The molecule has 2 aromatic rings. The molecule has 0 unspecified atom stereocenters. The highest BCUT2D eigenvalue weighted by atomic mass is 35.5. The van der Waals surface area contributed by atoms with Crippen molar-refractivity contribution >= 4 is 46.4 Å². The molecular weight excluding hydrogens is 333 g/mol. The van der Waals surface area contributed by atoms with Crippen LogP contribution in [0.2, 0.25) is 15.1 Å². The number of benzene rings is 2. The van der Waals surface area contributed by atoms with Crippen LogP contribution >= 0.6 is 34.8 Å². The Kier molecular flexibility index (Phi) is 5.34. The Morgan fingerprint density at radius 3 is 2.52 bits per heavy atom. The topological polar surface area (TPSA) is 38.3 Å². The number of halogens is 3. The van der Waals surface area contributed by atoms with Crippen molar-refractivity contribution in [3.05, 3.63) is 57.5 Å². The maximum atomic E-state index is 12.1. The number of anilines is 1. The van der Waals surface area contributed by atoms with E-state index in [0.29, 0.717) is 26.5 Å². The monoisotopic (exact) mass is 343 g/mol. The summed E-state index contributed by atoms with van der Waals surface area (Å²) in [4.78, 5) is 12.1. The highest BCUT2D eigenvalue weighted by molar-refractivity contribution is 6.35. The van der Waals surface area contributed by atoms with Crippen molar-refractivity contribution in [1.29, 1.82) is 0 Å². The molecule has 0 fully saturated rings. The zero-order chi connectivity index (χ0) is 15.4. The van der Waals surface area contributed by atoms with Gasteiger partial charge in [0.15, 0.2) is 6.10 Å². The van der Waals surface area contributed by atoms with Gasteiger partial charge in [-0.1, -0.05) is 46.9 Å². The average molecular weight is 345 g/mol. The largest absolute Gasteiger partial charge is 0.479 e. The van der Waals surface area contributed by atoms with E-state index in [0.717, 1.165) is 0 Å². The second-order valence-corrected chi connectivity index (χ2v) is 5.55. The van der Waals surface area contributed by atoms with Crippen LogP contribution < -0.4 is 10.1 Å². The molecule has 0 aliphatic heterocycles. The van der Waals surface area contributed by atoms with Crippen molar-refractivity contribution < 1.29 is 9.53 Å². The second-order valence-electron chi connectivity index (χ2n) is 4.30. The first kappa shape index (κ1) is 16.0. The number of carbonyl (C=O) groups is 1. The summed E-state index contributed by atoms with van der Waals surface area (Å²) in [6, 6.07) is 11.8. The fourth-order valence-electron chi connectivity index (χ4n) is 1.61. The normalized spacial score (nSPS) is 11.8. The molecule has 0 aromatic heterocycles. The number of nitrogens with one attached hydrogen (secondary N) is 1. The fraction of sp³-hybridized carbons (Fsp3) is 0.133. The Morgan fingerprint density at radius 2 is 1.81 bits per heavy atom. The molecule has 0 spiro atoms. The van der Waals surface area contributed by atoms with Gasteiger partial charge in [0, 0.05) is 5.02 Å². The van der Waals surface area contributed by atoms with Crippen molar-refractivity contribution in [2.45, 2.75) is 13.0 Å². The summed E-state index contributed by atoms with van der Waals surface area (Å²) < 4.78 is 5.53. The highest BCUT2D eigenvalue weighted by Gasteiger charge is 2.17. The van der Waals surface area contributed by atoms with Gasteiger partial charge in [0.05, 0.1) is 15.7 Å². The fourth-order valence-corrected chi connectivity index (χ4v) is 2.13. The smallest absolute Gasteiger partial charge is 0.265 e. The minimum Gasteiger partial charge on any atom is -0.479 e. The van der Waals surface area contributed by atoms with Gasteiger partial charge in [-0.05, 0) is 37.3 Å². The number of hydrogen-bond donors (Lipinski definition) is 1. The van der Waals surface area contributed by atoms with Crippen molar-refractivity contribution in [3.63, 3.8) is 0 Å². The van der Waals surface area contributed by atoms with Crippen LogP contribution in [0, 0.1) is 0 Å². The van der Waals surface area contributed by atoms with Crippen molar-refractivity contribution in [1.82, 2.24) is 0 Å². The molecular formula is C15H12Cl3NO2. The minimum absolute atomic E-state index is 0.348. The lowest BCUT2D eigenvalue weighted by Crippen LogP contribution is -2.30. The van der Waals surface area contributed by atoms with E-state index < -0.39 is 6.10 Å². The zero-order valence-corrected chi connectivity index (χ0v) is 13.3. The van der Waals surface area contributed by atoms with E-state index in [9.17, 15) is 4.79 Å². The van der Waals surface area contributed by atoms with Gasteiger partial charge < -0.3 is 10.1 Å². The van der Waals surface area contributed by atoms with Crippen molar-refractivity contribution in [2.75, 3.05) is 5.32 Å². The third-order valence-corrected chi connectivity index (χ3v) is 3.57. The second kappa shape index (κ2) is 7.03. The van der Waals surface area contributed by atoms with Crippen molar-refractivity contribution in [3.8, 4) is 5.75 Å². The lowest BCUT2D eigenvalue weighted by atomic mass is 10.3. The van der Waals surface area contributed by atoms with Gasteiger partial charge in [0.25, 0.3) is 5.91 Å². The van der Waals surface area contributed by atoms with Gasteiger partial charge in [-0.2, -0.15) is 0 Å². The van der Waals surface area contributed by atoms with Crippen molar-refractivity contribution in [2.24, 2.45) is 0 Å². The maximum absolute atomic E-state index is 12.1. The predicted molar refractivity (Wildman–Crippen MR) is 86.6 cm³/mol. The molecule has 0 heterocycles. The first-order valence-corrected chi connectivity index (χ1v) is 7.28.